The van der Waals surface area contributed by atoms with Gasteiger partial charge in [-0.1, -0.05) is 41.4 Å². The lowest BCUT2D eigenvalue weighted by atomic mass is 10.1. The molecular formula is C13H11ClN4. The number of fused-ring (bicyclic) bond motifs is 1. The molecule has 0 fully saturated rings. The average molecular weight is 259 g/mol. The number of aryl methyl sites for hydroxylation is 1. The van der Waals surface area contributed by atoms with Crippen molar-refractivity contribution in [3.05, 3.63) is 58.8 Å². The van der Waals surface area contributed by atoms with E-state index in [-0.39, 0.29) is 0 Å². The number of hydrogen-bond donors (Lipinski definition) is 0. The second-order valence-corrected chi connectivity index (χ2v) is 4.61. The zero-order chi connectivity index (χ0) is 12.5. The Morgan fingerprint density at radius 1 is 1.22 bits per heavy atom. The van der Waals surface area contributed by atoms with Gasteiger partial charge in [-0.2, -0.15) is 0 Å². The Kier molecular flexibility index (Phi) is 2.72. The Bertz CT molecular complexity index is 705. The van der Waals surface area contributed by atoms with Crippen LogP contribution < -0.4 is 0 Å². The highest BCUT2D eigenvalue weighted by Gasteiger charge is 2.07. The predicted molar refractivity (Wildman–Crippen MR) is 69.8 cm³/mol. The van der Waals surface area contributed by atoms with Crippen molar-refractivity contribution in [2.24, 2.45) is 0 Å². The fraction of sp³-hybridized carbons (Fsp3) is 0.154. The minimum absolute atomic E-state index is 0.428. The quantitative estimate of drug-likeness (QED) is 0.664. The molecule has 90 valence electrons. The summed E-state index contributed by atoms with van der Waals surface area (Å²) in [4.78, 5) is 4.05. The third-order valence-electron chi connectivity index (χ3n) is 2.78. The van der Waals surface area contributed by atoms with E-state index >= 15 is 0 Å². The molecule has 1 aromatic carbocycles. The number of benzene rings is 1. The largest absolute Gasteiger partial charge is 0.269 e. The van der Waals surface area contributed by atoms with Crippen molar-refractivity contribution < 1.29 is 0 Å². The summed E-state index contributed by atoms with van der Waals surface area (Å²) in [6.45, 7) is 2.08. The maximum atomic E-state index is 5.82. The van der Waals surface area contributed by atoms with Gasteiger partial charge in [-0.3, -0.25) is 4.40 Å². The van der Waals surface area contributed by atoms with Gasteiger partial charge < -0.3 is 0 Å². The van der Waals surface area contributed by atoms with Crippen molar-refractivity contribution in [3.63, 3.8) is 0 Å². The Morgan fingerprint density at radius 3 is 2.94 bits per heavy atom. The van der Waals surface area contributed by atoms with Crippen LogP contribution in [-0.4, -0.2) is 19.6 Å². The van der Waals surface area contributed by atoms with Crippen molar-refractivity contribution in [3.8, 4) is 0 Å². The highest BCUT2D eigenvalue weighted by atomic mass is 35.5. The van der Waals surface area contributed by atoms with Gasteiger partial charge in [0, 0.05) is 12.5 Å². The van der Waals surface area contributed by atoms with E-state index in [0.717, 1.165) is 17.9 Å². The first-order valence-electron chi connectivity index (χ1n) is 5.63. The van der Waals surface area contributed by atoms with Crippen LogP contribution in [0.3, 0.4) is 0 Å². The molecule has 3 aromatic rings. The van der Waals surface area contributed by atoms with Crippen LogP contribution in [0.2, 0.25) is 5.15 Å². The van der Waals surface area contributed by atoms with Crippen LogP contribution in [0.1, 0.15) is 17.0 Å². The monoisotopic (exact) mass is 258 g/mol. The second-order valence-electron chi connectivity index (χ2n) is 4.22. The Labute approximate surface area is 109 Å². The summed E-state index contributed by atoms with van der Waals surface area (Å²) in [5, 5.41) is 8.69. The van der Waals surface area contributed by atoms with Gasteiger partial charge in [0.05, 0.1) is 0 Å². The number of rotatable bonds is 2. The Balaban J connectivity index is 2.00. The van der Waals surface area contributed by atoms with Gasteiger partial charge in [0.15, 0.2) is 5.65 Å². The van der Waals surface area contributed by atoms with E-state index in [2.05, 4.69) is 40.3 Å². The summed E-state index contributed by atoms with van der Waals surface area (Å²) in [6.07, 6.45) is 2.38. The highest BCUT2D eigenvalue weighted by molar-refractivity contribution is 6.29. The third-order valence-corrected chi connectivity index (χ3v) is 2.99. The Hall–Kier alpha value is -1.94. The van der Waals surface area contributed by atoms with Crippen LogP contribution >= 0.6 is 11.6 Å². The van der Waals surface area contributed by atoms with E-state index in [9.17, 15) is 0 Å². The van der Waals surface area contributed by atoms with Gasteiger partial charge in [0.2, 0.25) is 0 Å². The molecule has 3 rings (SSSR count). The summed E-state index contributed by atoms with van der Waals surface area (Å²) in [6, 6.07) is 10.0. The zero-order valence-electron chi connectivity index (χ0n) is 9.84. The summed E-state index contributed by atoms with van der Waals surface area (Å²) in [5.74, 6) is 0.861. The maximum Gasteiger partial charge on any atom is 0.165 e. The van der Waals surface area contributed by atoms with E-state index in [1.165, 1.54) is 11.1 Å². The molecule has 2 heterocycles. The lowest BCUT2D eigenvalue weighted by molar-refractivity contribution is 0.918. The van der Waals surface area contributed by atoms with Crippen molar-refractivity contribution >= 4 is 17.2 Å². The van der Waals surface area contributed by atoms with Crippen molar-refractivity contribution in [1.82, 2.24) is 19.6 Å². The molecule has 18 heavy (non-hydrogen) atoms. The zero-order valence-corrected chi connectivity index (χ0v) is 10.6. The van der Waals surface area contributed by atoms with E-state index in [4.69, 9.17) is 11.6 Å². The predicted octanol–water partition coefficient (Wildman–Crippen LogP) is 2.68. The van der Waals surface area contributed by atoms with E-state index in [1.807, 2.05) is 10.5 Å². The molecule has 0 aliphatic heterocycles. The van der Waals surface area contributed by atoms with Crippen LogP contribution in [0, 0.1) is 6.92 Å². The third kappa shape index (κ3) is 2.07. The molecule has 0 aliphatic carbocycles. The van der Waals surface area contributed by atoms with E-state index in [0.29, 0.717) is 5.15 Å². The van der Waals surface area contributed by atoms with Crippen LogP contribution in [0.15, 0.2) is 36.7 Å². The van der Waals surface area contributed by atoms with E-state index < -0.39 is 0 Å². The lowest BCUT2D eigenvalue weighted by Gasteiger charge is -2.01. The van der Waals surface area contributed by atoms with Gasteiger partial charge in [-0.15, -0.1) is 10.2 Å². The molecule has 0 spiro atoms. The summed E-state index contributed by atoms with van der Waals surface area (Å²) in [7, 11) is 0. The van der Waals surface area contributed by atoms with Gasteiger partial charge in [-0.05, 0) is 12.5 Å². The number of hydrogen-bond acceptors (Lipinski definition) is 3. The van der Waals surface area contributed by atoms with Gasteiger partial charge in [0.25, 0.3) is 0 Å². The molecule has 0 aliphatic rings. The topological polar surface area (TPSA) is 43.1 Å². The molecule has 0 atom stereocenters. The molecule has 0 amide bonds. The first kappa shape index (κ1) is 11.2. The molecule has 4 nitrogen and oxygen atoms in total. The first-order valence-corrected chi connectivity index (χ1v) is 6.01. The van der Waals surface area contributed by atoms with Gasteiger partial charge in [0.1, 0.15) is 17.3 Å². The van der Waals surface area contributed by atoms with Crippen molar-refractivity contribution in [2.75, 3.05) is 0 Å². The number of nitrogens with zero attached hydrogens (tertiary/aromatic N) is 4. The molecule has 0 radical (unpaired) electrons. The SMILES string of the molecule is Cc1cccc(Cc2nnc3cc(Cl)ncn23)c1. The summed E-state index contributed by atoms with van der Waals surface area (Å²) < 4.78 is 1.86. The minimum Gasteiger partial charge on any atom is -0.269 e. The molecule has 5 heteroatoms. The Morgan fingerprint density at radius 2 is 2.11 bits per heavy atom. The molecule has 0 saturated heterocycles. The van der Waals surface area contributed by atoms with E-state index in [1.54, 1.807) is 12.4 Å². The molecule has 0 saturated carbocycles. The lowest BCUT2D eigenvalue weighted by Crippen LogP contribution is -1.97. The molecule has 0 bridgehead atoms. The number of halogens is 1. The summed E-state index contributed by atoms with van der Waals surface area (Å²) in [5.41, 5.74) is 3.17. The molecule has 2 aromatic heterocycles. The molecule has 0 unspecified atom stereocenters. The van der Waals surface area contributed by atoms with Crippen LogP contribution in [0.5, 0.6) is 0 Å². The van der Waals surface area contributed by atoms with Crippen molar-refractivity contribution in [2.45, 2.75) is 13.3 Å². The summed E-state index contributed by atoms with van der Waals surface area (Å²) >= 11 is 5.82. The fourth-order valence-corrected chi connectivity index (χ4v) is 2.08. The normalized spacial score (nSPS) is 11.0. The standard InChI is InChI=1S/C13H11ClN4/c1-9-3-2-4-10(5-9)6-12-16-17-13-7-11(14)15-8-18(12)13/h2-5,7-8H,6H2,1H3. The number of aromatic nitrogens is 4. The molecular weight excluding hydrogens is 248 g/mol. The average Bonchev–Trinajstić information content (AvgIpc) is 2.72. The van der Waals surface area contributed by atoms with Crippen LogP contribution in [0.4, 0.5) is 0 Å². The smallest absolute Gasteiger partial charge is 0.165 e. The first-order chi connectivity index (χ1) is 8.72. The van der Waals surface area contributed by atoms with Gasteiger partial charge >= 0.3 is 0 Å². The fourth-order valence-electron chi connectivity index (χ4n) is 1.94. The van der Waals surface area contributed by atoms with Gasteiger partial charge in [-0.25, -0.2) is 4.98 Å². The minimum atomic E-state index is 0.428. The molecule has 0 N–H and O–H groups in total. The maximum absolute atomic E-state index is 5.82. The highest BCUT2D eigenvalue weighted by Crippen LogP contribution is 2.13. The van der Waals surface area contributed by atoms with Crippen LogP contribution in [-0.2, 0) is 6.42 Å². The van der Waals surface area contributed by atoms with Crippen LogP contribution in [0.25, 0.3) is 5.65 Å². The van der Waals surface area contributed by atoms with Crippen molar-refractivity contribution in [1.29, 1.82) is 0 Å². The second kappa shape index (κ2) is 4.38.